The summed E-state index contributed by atoms with van der Waals surface area (Å²) in [5.41, 5.74) is 0. The van der Waals surface area contributed by atoms with Crippen molar-refractivity contribution >= 4 is 5.97 Å². The molecule has 2 heterocycles. The molecule has 0 saturated carbocycles. The zero-order valence-electron chi connectivity index (χ0n) is 7.03. The summed E-state index contributed by atoms with van der Waals surface area (Å²) in [6.07, 6.45) is 4.90. The highest BCUT2D eigenvalue weighted by atomic mass is 16.5. The molecule has 0 aliphatic carbocycles. The molecule has 66 valence electrons. The fourth-order valence-electron chi connectivity index (χ4n) is 1.75. The molecule has 2 aliphatic rings. The Morgan fingerprint density at radius 2 is 2.50 bits per heavy atom. The van der Waals surface area contributed by atoms with E-state index in [1.165, 1.54) is 0 Å². The molecule has 2 aliphatic heterocycles. The monoisotopic (exact) mass is 168 g/mol. The second kappa shape index (κ2) is 2.90. The van der Waals surface area contributed by atoms with Gasteiger partial charge in [-0.15, -0.1) is 0 Å². The van der Waals surface area contributed by atoms with Gasteiger partial charge in [-0.2, -0.15) is 0 Å². The molecule has 0 aromatic carbocycles. The lowest BCUT2D eigenvalue weighted by Gasteiger charge is -2.12. The van der Waals surface area contributed by atoms with Crippen LogP contribution in [0.5, 0.6) is 0 Å². The number of hydrogen-bond acceptors (Lipinski definition) is 3. The third-order valence-corrected chi connectivity index (χ3v) is 2.32. The molecule has 1 fully saturated rings. The van der Waals surface area contributed by atoms with Gasteiger partial charge >= 0.3 is 5.97 Å². The van der Waals surface area contributed by atoms with Gasteiger partial charge in [0, 0.05) is 0 Å². The van der Waals surface area contributed by atoms with Gasteiger partial charge in [-0.25, -0.2) is 0 Å². The van der Waals surface area contributed by atoms with Crippen molar-refractivity contribution in [2.24, 2.45) is 5.92 Å². The van der Waals surface area contributed by atoms with Crippen LogP contribution in [0, 0.1) is 5.92 Å². The van der Waals surface area contributed by atoms with Crippen molar-refractivity contribution in [3.05, 3.63) is 12.2 Å². The number of carbonyl (C=O) groups is 1. The summed E-state index contributed by atoms with van der Waals surface area (Å²) in [5, 5.41) is 0. The zero-order chi connectivity index (χ0) is 8.55. The molecule has 3 heteroatoms. The van der Waals surface area contributed by atoms with Crippen molar-refractivity contribution in [3.8, 4) is 0 Å². The molecule has 0 aromatic rings. The van der Waals surface area contributed by atoms with Gasteiger partial charge in [-0.3, -0.25) is 4.79 Å². The third-order valence-electron chi connectivity index (χ3n) is 2.32. The highest BCUT2D eigenvalue weighted by Gasteiger charge is 2.41. The van der Waals surface area contributed by atoms with Crippen LogP contribution in [0.15, 0.2) is 12.2 Å². The van der Waals surface area contributed by atoms with Crippen LogP contribution >= 0.6 is 0 Å². The van der Waals surface area contributed by atoms with Gasteiger partial charge in [0.2, 0.25) is 0 Å². The number of rotatable bonds is 2. The van der Waals surface area contributed by atoms with Crippen LogP contribution in [0.4, 0.5) is 0 Å². The largest absolute Gasteiger partial charge is 0.466 e. The normalized spacial score (nSPS) is 37.2. The average molecular weight is 168 g/mol. The van der Waals surface area contributed by atoms with Crippen LogP contribution in [0.3, 0.4) is 0 Å². The van der Waals surface area contributed by atoms with E-state index < -0.39 is 0 Å². The highest BCUT2D eigenvalue weighted by molar-refractivity contribution is 5.74. The fraction of sp³-hybridized carbons (Fsp3) is 0.667. The van der Waals surface area contributed by atoms with Crippen molar-refractivity contribution < 1.29 is 14.3 Å². The lowest BCUT2D eigenvalue weighted by molar-refractivity contribution is -0.148. The summed E-state index contributed by atoms with van der Waals surface area (Å²) < 4.78 is 10.4. The van der Waals surface area contributed by atoms with E-state index in [1.54, 1.807) is 0 Å². The van der Waals surface area contributed by atoms with Crippen LogP contribution in [-0.2, 0) is 14.3 Å². The predicted octanol–water partition coefficient (Wildman–Crippen LogP) is 0.893. The van der Waals surface area contributed by atoms with E-state index >= 15 is 0 Å². The van der Waals surface area contributed by atoms with Gasteiger partial charge in [0.15, 0.2) is 0 Å². The Balaban J connectivity index is 1.98. The van der Waals surface area contributed by atoms with Gasteiger partial charge in [0.25, 0.3) is 0 Å². The first kappa shape index (κ1) is 7.80. The summed E-state index contributed by atoms with van der Waals surface area (Å²) in [4.78, 5) is 11.3. The molecule has 0 amide bonds. The molecule has 3 nitrogen and oxygen atoms in total. The molecule has 0 N–H and O–H groups in total. The van der Waals surface area contributed by atoms with E-state index in [1.807, 2.05) is 19.1 Å². The highest BCUT2D eigenvalue weighted by Crippen LogP contribution is 2.34. The van der Waals surface area contributed by atoms with Gasteiger partial charge < -0.3 is 9.47 Å². The molecule has 0 aromatic heterocycles. The predicted molar refractivity (Wildman–Crippen MR) is 42.5 cm³/mol. The van der Waals surface area contributed by atoms with Crippen LogP contribution in [0.2, 0.25) is 0 Å². The Morgan fingerprint density at radius 3 is 3.00 bits per heavy atom. The number of ether oxygens (including phenoxy) is 2. The Kier molecular flexibility index (Phi) is 1.89. The Morgan fingerprint density at radius 1 is 1.67 bits per heavy atom. The van der Waals surface area contributed by atoms with Crippen molar-refractivity contribution in [1.29, 1.82) is 0 Å². The van der Waals surface area contributed by atoms with Crippen LogP contribution in [0.25, 0.3) is 0 Å². The number of carbonyl (C=O) groups excluding carboxylic acids is 1. The average Bonchev–Trinajstić information content (AvgIpc) is 2.64. The van der Waals surface area contributed by atoms with Crippen LogP contribution in [0.1, 0.15) is 13.3 Å². The zero-order valence-corrected chi connectivity index (χ0v) is 7.03. The van der Waals surface area contributed by atoms with E-state index in [4.69, 9.17) is 9.47 Å². The van der Waals surface area contributed by atoms with E-state index in [0.29, 0.717) is 6.61 Å². The minimum atomic E-state index is -0.116. The lowest BCUT2D eigenvalue weighted by Crippen LogP contribution is -2.25. The van der Waals surface area contributed by atoms with Crippen LogP contribution < -0.4 is 0 Å². The van der Waals surface area contributed by atoms with Gasteiger partial charge in [-0.1, -0.05) is 12.2 Å². The summed E-state index contributed by atoms with van der Waals surface area (Å²) in [5.74, 6) is -0.172. The molecule has 2 bridgehead atoms. The van der Waals surface area contributed by atoms with E-state index in [2.05, 4.69) is 0 Å². The summed E-state index contributed by atoms with van der Waals surface area (Å²) >= 11 is 0. The van der Waals surface area contributed by atoms with E-state index in [-0.39, 0.29) is 24.1 Å². The first-order chi connectivity index (χ1) is 5.81. The molecule has 3 atom stereocenters. The number of esters is 1. The smallest absolute Gasteiger partial charge is 0.312 e. The number of hydrogen-bond donors (Lipinski definition) is 0. The van der Waals surface area contributed by atoms with Crippen molar-refractivity contribution in [3.63, 3.8) is 0 Å². The molecular formula is C9H12O3. The Bertz CT molecular complexity index is 222. The standard InChI is InChI=1S/C9H12O3/c1-2-11-9(10)7-5-6-3-4-8(7)12-6/h3-4,6-8H,2,5H2,1H3/t6-,7-,8+/m0/s1. The summed E-state index contributed by atoms with van der Waals surface area (Å²) in [6.45, 7) is 2.28. The van der Waals surface area contributed by atoms with Crippen molar-refractivity contribution in [2.75, 3.05) is 6.61 Å². The maximum atomic E-state index is 11.3. The topological polar surface area (TPSA) is 35.5 Å². The van der Waals surface area contributed by atoms with Gasteiger partial charge in [-0.05, 0) is 13.3 Å². The van der Waals surface area contributed by atoms with Gasteiger partial charge in [0.05, 0.1) is 24.7 Å². The second-order valence-electron chi connectivity index (χ2n) is 3.12. The lowest BCUT2D eigenvalue weighted by atomic mass is 9.95. The molecule has 0 radical (unpaired) electrons. The van der Waals surface area contributed by atoms with E-state index in [0.717, 1.165) is 6.42 Å². The SMILES string of the molecule is CCOC(=O)[C@H]1C[C@@H]2C=C[C@H]1O2. The minimum Gasteiger partial charge on any atom is -0.466 e. The molecular weight excluding hydrogens is 156 g/mol. The molecule has 0 spiro atoms. The van der Waals surface area contributed by atoms with Crippen LogP contribution in [-0.4, -0.2) is 24.8 Å². The quantitative estimate of drug-likeness (QED) is 0.454. The molecule has 12 heavy (non-hydrogen) atoms. The van der Waals surface area contributed by atoms with Crippen molar-refractivity contribution in [2.45, 2.75) is 25.6 Å². The molecule has 2 rings (SSSR count). The Hall–Kier alpha value is -0.830. The summed E-state index contributed by atoms with van der Waals surface area (Å²) in [6, 6.07) is 0. The molecule has 0 unspecified atom stereocenters. The van der Waals surface area contributed by atoms with Crippen molar-refractivity contribution in [1.82, 2.24) is 0 Å². The first-order valence-corrected chi connectivity index (χ1v) is 4.31. The summed E-state index contributed by atoms with van der Waals surface area (Å²) in [7, 11) is 0. The maximum absolute atomic E-state index is 11.3. The fourth-order valence-corrected chi connectivity index (χ4v) is 1.75. The molecule has 1 saturated heterocycles. The third kappa shape index (κ3) is 1.14. The minimum absolute atomic E-state index is 0.0194. The first-order valence-electron chi connectivity index (χ1n) is 4.31. The maximum Gasteiger partial charge on any atom is 0.312 e. The Labute approximate surface area is 71.3 Å². The van der Waals surface area contributed by atoms with E-state index in [9.17, 15) is 4.79 Å². The number of fused-ring (bicyclic) bond motifs is 2. The second-order valence-corrected chi connectivity index (χ2v) is 3.12. The van der Waals surface area contributed by atoms with Gasteiger partial charge in [0.1, 0.15) is 0 Å².